The van der Waals surface area contributed by atoms with E-state index in [0.717, 1.165) is 5.33 Å². The van der Waals surface area contributed by atoms with Gasteiger partial charge in [-0.1, -0.05) is 59.6 Å². The van der Waals surface area contributed by atoms with Crippen molar-refractivity contribution in [2.75, 3.05) is 5.33 Å². The maximum Gasteiger partial charge on any atom is 0.00627 e. The first-order chi connectivity index (χ1) is 6.15. The normalized spacial score (nSPS) is 15.4. The molecule has 0 saturated heterocycles. The molecule has 72 valence electrons. The molecule has 0 saturated carbocycles. The summed E-state index contributed by atoms with van der Waals surface area (Å²) in [5.74, 6) is 1.34. The first-order valence-electron chi connectivity index (χ1n) is 4.77. The predicted octanol–water partition coefficient (Wildman–Crippen LogP) is 4.13. The molecule has 0 amide bonds. The van der Waals surface area contributed by atoms with Crippen LogP contribution in [-0.4, -0.2) is 5.33 Å². The summed E-state index contributed by atoms with van der Waals surface area (Å²) >= 11 is 3.53. The first kappa shape index (κ1) is 10.8. The molecule has 1 heteroatoms. The third-order valence-corrected chi connectivity index (χ3v) is 3.72. The summed E-state index contributed by atoms with van der Waals surface area (Å²) in [5, 5.41) is 1.07. The van der Waals surface area contributed by atoms with Crippen LogP contribution in [0.15, 0.2) is 24.3 Å². The summed E-state index contributed by atoms with van der Waals surface area (Å²) < 4.78 is 0. The molecule has 1 aromatic carbocycles. The van der Waals surface area contributed by atoms with Crippen molar-refractivity contribution in [1.29, 1.82) is 0 Å². The van der Waals surface area contributed by atoms with E-state index in [1.165, 1.54) is 11.1 Å². The minimum absolute atomic E-state index is 0.639. The van der Waals surface area contributed by atoms with Gasteiger partial charge in [0.2, 0.25) is 0 Å². The van der Waals surface area contributed by atoms with Gasteiger partial charge in [-0.3, -0.25) is 0 Å². The van der Waals surface area contributed by atoms with Crippen LogP contribution in [0.1, 0.15) is 30.9 Å². The first-order valence-corrected chi connectivity index (χ1v) is 5.90. The molecule has 13 heavy (non-hydrogen) atoms. The van der Waals surface area contributed by atoms with Crippen LogP contribution in [0.2, 0.25) is 0 Å². The van der Waals surface area contributed by atoms with E-state index in [4.69, 9.17) is 0 Å². The third-order valence-electron chi connectivity index (χ3n) is 2.70. The summed E-state index contributed by atoms with van der Waals surface area (Å²) in [6, 6.07) is 8.85. The van der Waals surface area contributed by atoms with Gasteiger partial charge in [-0.15, -0.1) is 0 Å². The van der Waals surface area contributed by atoms with Crippen molar-refractivity contribution in [3.05, 3.63) is 35.4 Å². The molecule has 0 N–H and O–H groups in total. The van der Waals surface area contributed by atoms with Crippen LogP contribution in [0.25, 0.3) is 0 Å². The van der Waals surface area contributed by atoms with Crippen molar-refractivity contribution < 1.29 is 0 Å². The van der Waals surface area contributed by atoms with E-state index in [9.17, 15) is 0 Å². The SMILES string of the molecule is Cc1ccc(C(C)C(C)CBr)cc1. The lowest BCUT2D eigenvalue weighted by Crippen LogP contribution is -2.07. The van der Waals surface area contributed by atoms with Crippen LogP contribution in [0.5, 0.6) is 0 Å². The number of hydrogen-bond donors (Lipinski definition) is 0. The molecule has 0 fully saturated rings. The van der Waals surface area contributed by atoms with E-state index in [2.05, 4.69) is 61.0 Å². The van der Waals surface area contributed by atoms with Gasteiger partial charge >= 0.3 is 0 Å². The highest BCUT2D eigenvalue weighted by Crippen LogP contribution is 2.25. The van der Waals surface area contributed by atoms with Crippen LogP contribution in [0.3, 0.4) is 0 Å². The summed E-state index contributed by atoms with van der Waals surface area (Å²) in [5.41, 5.74) is 2.78. The fourth-order valence-corrected chi connectivity index (χ4v) is 1.89. The maximum absolute atomic E-state index is 3.53. The number of halogens is 1. The predicted molar refractivity (Wildman–Crippen MR) is 62.6 cm³/mol. The highest BCUT2D eigenvalue weighted by molar-refractivity contribution is 9.09. The average molecular weight is 241 g/mol. The largest absolute Gasteiger partial charge is 0.0925 e. The van der Waals surface area contributed by atoms with Crippen molar-refractivity contribution in [3.8, 4) is 0 Å². The van der Waals surface area contributed by atoms with Crippen molar-refractivity contribution >= 4 is 15.9 Å². The lowest BCUT2D eigenvalue weighted by Gasteiger charge is -2.17. The molecule has 0 spiro atoms. The number of aryl methyl sites for hydroxylation is 1. The van der Waals surface area contributed by atoms with Gasteiger partial charge in [-0.25, -0.2) is 0 Å². The molecule has 1 rings (SSSR count). The molecular formula is C12H17Br. The Balaban J connectivity index is 2.77. The van der Waals surface area contributed by atoms with E-state index in [0.29, 0.717) is 11.8 Å². The third kappa shape index (κ3) is 2.84. The molecule has 0 radical (unpaired) electrons. The number of hydrogen-bond acceptors (Lipinski definition) is 0. The molecule has 0 bridgehead atoms. The van der Waals surface area contributed by atoms with Gasteiger partial charge in [0.25, 0.3) is 0 Å². The Labute approximate surface area is 89.5 Å². The highest BCUT2D eigenvalue weighted by atomic mass is 79.9. The zero-order valence-electron chi connectivity index (χ0n) is 8.55. The monoisotopic (exact) mass is 240 g/mol. The summed E-state index contributed by atoms with van der Waals surface area (Å²) in [6.45, 7) is 6.69. The van der Waals surface area contributed by atoms with E-state index in [-0.39, 0.29) is 0 Å². The standard InChI is InChI=1S/C12H17Br/c1-9-4-6-12(7-5-9)11(3)10(2)8-13/h4-7,10-11H,8H2,1-3H3. The van der Waals surface area contributed by atoms with Gasteiger partial charge in [0, 0.05) is 5.33 Å². The Bertz CT molecular complexity index is 250. The molecule has 1 aromatic rings. The molecule has 0 aliphatic heterocycles. The number of rotatable bonds is 3. The Morgan fingerprint density at radius 1 is 1.15 bits per heavy atom. The van der Waals surface area contributed by atoms with Gasteiger partial charge in [0.15, 0.2) is 0 Å². The zero-order chi connectivity index (χ0) is 9.84. The molecule has 0 aliphatic rings. The van der Waals surface area contributed by atoms with Gasteiger partial charge in [-0.2, -0.15) is 0 Å². The molecule has 0 heterocycles. The van der Waals surface area contributed by atoms with Crippen molar-refractivity contribution in [2.45, 2.75) is 26.7 Å². The van der Waals surface area contributed by atoms with Crippen molar-refractivity contribution in [2.24, 2.45) is 5.92 Å². The van der Waals surface area contributed by atoms with Crippen LogP contribution in [0.4, 0.5) is 0 Å². The number of benzene rings is 1. The van der Waals surface area contributed by atoms with Gasteiger partial charge in [0.1, 0.15) is 0 Å². The Morgan fingerprint density at radius 2 is 1.69 bits per heavy atom. The summed E-state index contributed by atoms with van der Waals surface area (Å²) in [7, 11) is 0. The zero-order valence-corrected chi connectivity index (χ0v) is 10.1. The lowest BCUT2D eigenvalue weighted by atomic mass is 9.90. The topological polar surface area (TPSA) is 0 Å². The van der Waals surface area contributed by atoms with Crippen LogP contribution in [0, 0.1) is 12.8 Å². The minimum Gasteiger partial charge on any atom is -0.0925 e. The van der Waals surface area contributed by atoms with Crippen LogP contribution < -0.4 is 0 Å². The van der Waals surface area contributed by atoms with Gasteiger partial charge in [0.05, 0.1) is 0 Å². The van der Waals surface area contributed by atoms with Gasteiger partial charge < -0.3 is 0 Å². The summed E-state index contributed by atoms with van der Waals surface area (Å²) in [4.78, 5) is 0. The van der Waals surface area contributed by atoms with Crippen molar-refractivity contribution in [1.82, 2.24) is 0 Å². The van der Waals surface area contributed by atoms with Crippen LogP contribution in [-0.2, 0) is 0 Å². The maximum atomic E-state index is 3.53. The summed E-state index contributed by atoms with van der Waals surface area (Å²) in [6.07, 6.45) is 0. The van der Waals surface area contributed by atoms with E-state index in [1.54, 1.807) is 0 Å². The molecule has 0 aromatic heterocycles. The van der Waals surface area contributed by atoms with E-state index < -0.39 is 0 Å². The quantitative estimate of drug-likeness (QED) is 0.698. The average Bonchev–Trinajstić information content (AvgIpc) is 2.17. The van der Waals surface area contributed by atoms with Gasteiger partial charge in [-0.05, 0) is 24.3 Å². The van der Waals surface area contributed by atoms with E-state index in [1.807, 2.05) is 0 Å². The smallest absolute Gasteiger partial charge is 0.00627 e. The fourth-order valence-electron chi connectivity index (χ4n) is 1.33. The molecule has 2 atom stereocenters. The second kappa shape index (κ2) is 4.80. The second-order valence-corrected chi connectivity index (χ2v) is 4.48. The molecular weight excluding hydrogens is 224 g/mol. The fraction of sp³-hybridized carbons (Fsp3) is 0.500. The Morgan fingerprint density at radius 3 is 2.15 bits per heavy atom. The molecule has 2 unspecified atom stereocenters. The molecule has 0 nitrogen and oxygen atoms in total. The minimum atomic E-state index is 0.639. The lowest BCUT2D eigenvalue weighted by molar-refractivity contribution is 0.547. The van der Waals surface area contributed by atoms with E-state index >= 15 is 0 Å². The Hall–Kier alpha value is -0.300. The second-order valence-electron chi connectivity index (χ2n) is 3.83. The van der Waals surface area contributed by atoms with Crippen LogP contribution >= 0.6 is 15.9 Å². The van der Waals surface area contributed by atoms with Crippen molar-refractivity contribution in [3.63, 3.8) is 0 Å². The molecule has 0 aliphatic carbocycles. The highest BCUT2D eigenvalue weighted by Gasteiger charge is 2.12. The Kier molecular flexibility index (Phi) is 3.98. The number of alkyl halides is 1.